The molecule has 1 aliphatic rings. The standard InChI is InChI=1S/C29H23N7O3.C4H8O/c1-18(34-28(38)24-25-20(10-7-15-32-25)16-33-26(24)30)27-35-22-13-5-8-19(9-6-14-31-17-37)23(22)29(39)36(27)21-11-3-2-4-12-21;1-2-4-5-3-1/h2-5,7-8,10-13,15-18H,14H2,1H3,(H2,30,33)(H,31,37)(H,34,38);1-4H2. The molecular formula is C33H31N7O4. The summed E-state index contributed by atoms with van der Waals surface area (Å²) in [6, 6.07) is 17.1. The van der Waals surface area contributed by atoms with Gasteiger partial charge in [-0.05, 0) is 56.2 Å². The van der Waals surface area contributed by atoms with Gasteiger partial charge < -0.3 is 21.1 Å². The highest BCUT2D eigenvalue weighted by atomic mass is 16.5. The number of aromatic nitrogens is 4. The first-order valence-electron chi connectivity index (χ1n) is 14.1. The summed E-state index contributed by atoms with van der Waals surface area (Å²) in [6.07, 6.45) is 6.25. The molecule has 222 valence electrons. The third-order valence-electron chi connectivity index (χ3n) is 6.90. The fourth-order valence-electron chi connectivity index (χ4n) is 4.82. The number of nitrogens with one attached hydrogen (secondary N) is 2. The molecule has 0 spiro atoms. The number of hydrogen-bond donors (Lipinski definition) is 3. The van der Waals surface area contributed by atoms with E-state index < -0.39 is 11.9 Å². The molecule has 44 heavy (non-hydrogen) atoms. The number of ether oxygens (including phenoxy) is 1. The van der Waals surface area contributed by atoms with Gasteiger partial charge in [-0.3, -0.25) is 23.9 Å². The van der Waals surface area contributed by atoms with Crippen LogP contribution in [0.15, 0.2) is 77.9 Å². The average Bonchev–Trinajstić information content (AvgIpc) is 3.64. The van der Waals surface area contributed by atoms with Crippen molar-refractivity contribution in [3.8, 4) is 17.5 Å². The molecule has 1 unspecified atom stereocenters. The van der Waals surface area contributed by atoms with Crippen LogP contribution in [0.25, 0.3) is 27.5 Å². The van der Waals surface area contributed by atoms with Gasteiger partial charge in [-0.2, -0.15) is 0 Å². The molecule has 0 saturated carbocycles. The van der Waals surface area contributed by atoms with Crippen LogP contribution >= 0.6 is 0 Å². The molecule has 11 nitrogen and oxygen atoms in total. The number of rotatable bonds is 6. The predicted octanol–water partition coefficient (Wildman–Crippen LogP) is 3.30. The van der Waals surface area contributed by atoms with Crippen LogP contribution in [0.2, 0.25) is 0 Å². The third kappa shape index (κ3) is 6.56. The number of carbonyl (C=O) groups excluding carboxylic acids is 2. The molecule has 0 aliphatic carbocycles. The average molecular weight is 590 g/mol. The minimum atomic E-state index is -0.709. The van der Waals surface area contributed by atoms with E-state index in [1.807, 2.05) is 18.2 Å². The van der Waals surface area contributed by atoms with Crippen molar-refractivity contribution < 1.29 is 14.3 Å². The molecule has 0 bridgehead atoms. The van der Waals surface area contributed by atoms with E-state index in [1.165, 1.54) is 17.4 Å². The molecule has 2 amide bonds. The molecule has 2 aromatic carbocycles. The molecule has 6 rings (SSSR count). The maximum atomic E-state index is 14.0. The molecule has 1 saturated heterocycles. The van der Waals surface area contributed by atoms with Gasteiger partial charge in [0.1, 0.15) is 17.2 Å². The number of fused-ring (bicyclic) bond motifs is 2. The minimum absolute atomic E-state index is 0.0464. The van der Waals surface area contributed by atoms with Gasteiger partial charge in [0.2, 0.25) is 6.41 Å². The number of anilines is 1. The number of benzene rings is 2. The number of hydrogen-bond acceptors (Lipinski definition) is 8. The summed E-state index contributed by atoms with van der Waals surface area (Å²) in [5, 5.41) is 6.40. The first kappa shape index (κ1) is 29.9. The summed E-state index contributed by atoms with van der Waals surface area (Å²) in [5.74, 6) is 5.65. The Hall–Kier alpha value is -5.60. The second-order valence-electron chi connectivity index (χ2n) is 9.92. The van der Waals surface area contributed by atoms with E-state index in [9.17, 15) is 14.4 Å². The fraction of sp³-hybridized carbons (Fsp3) is 0.212. The highest BCUT2D eigenvalue weighted by Crippen LogP contribution is 2.23. The molecule has 4 heterocycles. The second-order valence-corrected chi connectivity index (χ2v) is 9.92. The van der Waals surface area contributed by atoms with Gasteiger partial charge in [0.25, 0.3) is 11.5 Å². The third-order valence-corrected chi connectivity index (χ3v) is 6.90. The normalized spacial score (nSPS) is 12.8. The van der Waals surface area contributed by atoms with Gasteiger partial charge >= 0.3 is 0 Å². The summed E-state index contributed by atoms with van der Waals surface area (Å²) in [4.78, 5) is 51.2. The molecule has 3 aromatic heterocycles. The summed E-state index contributed by atoms with van der Waals surface area (Å²) in [5.41, 5.74) is 7.78. The molecule has 1 fully saturated rings. The number of nitrogen functional groups attached to an aromatic ring is 1. The quantitative estimate of drug-likeness (QED) is 0.155. The van der Waals surface area contributed by atoms with Gasteiger partial charge in [0, 0.05) is 36.6 Å². The maximum Gasteiger partial charge on any atom is 0.267 e. The van der Waals surface area contributed by atoms with Crippen LogP contribution < -0.4 is 21.9 Å². The van der Waals surface area contributed by atoms with E-state index in [0.717, 1.165) is 13.2 Å². The Kier molecular flexibility index (Phi) is 9.54. The predicted molar refractivity (Wildman–Crippen MR) is 168 cm³/mol. The first-order valence-corrected chi connectivity index (χ1v) is 14.1. The Balaban J connectivity index is 0.000000698. The van der Waals surface area contributed by atoms with Crippen molar-refractivity contribution in [2.75, 3.05) is 25.5 Å². The highest BCUT2D eigenvalue weighted by molar-refractivity contribution is 6.09. The van der Waals surface area contributed by atoms with Crippen molar-refractivity contribution in [3.05, 3.63) is 100 Å². The van der Waals surface area contributed by atoms with Crippen molar-refractivity contribution >= 4 is 39.9 Å². The minimum Gasteiger partial charge on any atom is -0.383 e. The lowest BCUT2D eigenvalue weighted by Gasteiger charge is -2.20. The zero-order valence-corrected chi connectivity index (χ0v) is 24.1. The maximum absolute atomic E-state index is 14.0. The fourth-order valence-corrected chi connectivity index (χ4v) is 4.82. The molecular weight excluding hydrogens is 558 g/mol. The molecule has 1 aliphatic heterocycles. The first-order chi connectivity index (χ1) is 21.5. The molecule has 1 atom stereocenters. The van der Waals surface area contributed by atoms with E-state index >= 15 is 0 Å². The van der Waals surface area contributed by atoms with Crippen LogP contribution in [0.1, 0.15) is 47.6 Å². The van der Waals surface area contributed by atoms with Crippen LogP contribution in [0.3, 0.4) is 0 Å². The van der Waals surface area contributed by atoms with Crippen LogP contribution in [0.4, 0.5) is 5.82 Å². The lowest BCUT2D eigenvalue weighted by atomic mass is 10.1. The summed E-state index contributed by atoms with van der Waals surface area (Å²) >= 11 is 0. The van der Waals surface area contributed by atoms with E-state index in [2.05, 4.69) is 32.4 Å². The largest absolute Gasteiger partial charge is 0.383 e. The van der Waals surface area contributed by atoms with Crippen LogP contribution in [-0.2, 0) is 9.53 Å². The second kappa shape index (κ2) is 14.0. The highest BCUT2D eigenvalue weighted by Gasteiger charge is 2.23. The zero-order chi connectivity index (χ0) is 30.9. The number of nitrogens with zero attached hydrogens (tertiary/aromatic N) is 4. The van der Waals surface area contributed by atoms with Crippen molar-refractivity contribution in [3.63, 3.8) is 0 Å². The lowest BCUT2D eigenvalue weighted by molar-refractivity contribution is -0.109. The van der Waals surface area contributed by atoms with E-state index in [0.29, 0.717) is 45.3 Å². The van der Waals surface area contributed by atoms with Gasteiger partial charge in [0.05, 0.1) is 34.7 Å². The Labute approximate surface area is 253 Å². The number of amides is 2. The Bertz CT molecular complexity index is 1920. The Morgan fingerprint density at radius 1 is 1.09 bits per heavy atom. The molecule has 0 radical (unpaired) electrons. The molecule has 11 heteroatoms. The summed E-state index contributed by atoms with van der Waals surface area (Å²) < 4.78 is 6.41. The van der Waals surface area contributed by atoms with E-state index in [4.69, 9.17) is 15.5 Å². The van der Waals surface area contributed by atoms with Crippen molar-refractivity contribution in [1.29, 1.82) is 0 Å². The van der Waals surface area contributed by atoms with Crippen molar-refractivity contribution in [1.82, 2.24) is 30.2 Å². The van der Waals surface area contributed by atoms with Crippen molar-refractivity contribution in [2.24, 2.45) is 0 Å². The van der Waals surface area contributed by atoms with Crippen LogP contribution in [0.5, 0.6) is 0 Å². The zero-order valence-electron chi connectivity index (χ0n) is 24.1. The van der Waals surface area contributed by atoms with Gasteiger partial charge in [0.15, 0.2) is 0 Å². The smallest absolute Gasteiger partial charge is 0.267 e. The summed E-state index contributed by atoms with van der Waals surface area (Å²) in [7, 11) is 0. The summed E-state index contributed by atoms with van der Waals surface area (Å²) in [6.45, 7) is 3.88. The Morgan fingerprint density at radius 2 is 1.89 bits per heavy atom. The van der Waals surface area contributed by atoms with Crippen molar-refractivity contribution in [2.45, 2.75) is 25.8 Å². The number of pyridine rings is 2. The van der Waals surface area contributed by atoms with E-state index in [1.54, 1.807) is 61.8 Å². The van der Waals surface area contributed by atoms with Crippen LogP contribution in [0, 0.1) is 11.8 Å². The monoisotopic (exact) mass is 589 g/mol. The lowest BCUT2D eigenvalue weighted by Crippen LogP contribution is -2.34. The molecule has 5 aromatic rings. The van der Waals surface area contributed by atoms with Gasteiger partial charge in [-0.15, -0.1) is 0 Å². The molecule has 4 N–H and O–H groups in total. The van der Waals surface area contributed by atoms with Gasteiger partial charge in [-0.25, -0.2) is 9.97 Å². The number of nitrogens with two attached hydrogens (primary N) is 1. The SMILES string of the molecule is C1CCOC1.CC(NC(=O)c1c(N)ncc2cccnc12)c1nc2cccc(C#CCNC=O)c2c(=O)n1-c1ccccc1. The Morgan fingerprint density at radius 3 is 2.61 bits per heavy atom. The number of para-hydroxylation sites is 1. The van der Waals surface area contributed by atoms with Gasteiger partial charge in [-0.1, -0.05) is 36.1 Å². The topological polar surface area (TPSA) is 154 Å². The van der Waals surface area contributed by atoms with Crippen LogP contribution in [-0.4, -0.2) is 51.6 Å². The van der Waals surface area contributed by atoms with E-state index in [-0.39, 0.29) is 23.5 Å². The number of carbonyl (C=O) groups is 2.